The third kappa shape index (κ3) is 6.01. The summed E-state index contributed by atoms with van der Waals surface area (Å²) < 4.78 is 16.6. The lowest BCUT2D eigenvalue weighted by Crippen LogP contribution is -2.49. The first-order valence-electron chi connectivity index (χ1n) is 13.7. The van der Waals surface area contributed by atoms with Crippen molar-refractivity contribution in [3.63, 3.8) is 0 Å². The van der Waals surface area contributed by atoms with Gasteiger partial charge in [0.2, 0.25) is 5.91 Å². The normalized spacial score (nSPS) is 12.6. The van der Waals surface area contributed by atoms with E-state index in [-0.39, 0.29) is 12.5 Å². The number of benzene rings is 4. The van der Waals surface area contributed by atoms with E-state index in [1.165, 1.54) is 14.2 Å². The fourth-order valence-corrected chi connectivity index (χ4v) is 5.66. The number of ether oxygens (including phenoxy) is 3. The minimum atomic E-state index is -1.61. The number of nitrogens with zero attached hydrogens (tertiary/aromatic N) is 1. The zero-order chi connectivity index (χ0) is 30.5. The number of hydrogen-bond donors (Lipinski definition) is 2. The molecule has 2 amide bonds. The summed E-state index contributed by atoms with van der Waals surface area (Å²) in [7, 11) is 3.07. The number of carbonyl (C=O) groups is 3. The highest BCUT2D eigenvalue weighted by Gasteiger charge is 2.40. The number of aliphatic carboxylic acids is 1. The molecule has 9 heteroatoms. The number of fused-ring (bicyclic) bond motifs is 3. The maximum atomic E-state index is 14.1. The molecule has 0 fully saturated rings. The zero-order valence-electron chi connectivity index (χ0n) is 23.8. The number of methoxy groups -OCH3 is 2. The summed E-state index contributed by atoms with van der Waals surface area (Å²) in [5.74, 6) is -1.35. The van der Waals surface area contributed by atoms with Crippen molar-refractivity contribution in [1.82, 2.24) is 4.90 Å². The van der Waals surface area contributed by atoms with Crippen molar-refractivity contribution < 1.29 is 33.7 Å². The number of carboxylic acid groups (broad SMARTS) is 1. The lowest BCUT2D eigenvalue weighted by molar-refractivity contribution is -0.145. The highest BCUT2D eigenvalue weighted by molar-refractivity contribution is 5.87. The number of rotatable bonds is 11. The van der Waals surface area contributed by atoms with Crippen LogP contribution in [-0.4, -0.2) is 54.8 Å². The minimum absolute atomic E-state index is 0.0375. The standard InChI is InChI=1S/C34H32N2O7/c1-41-23-15-11-21(12-16-23)32(22-13-17-24(42-2)18-14-22)36(30(33(38)39)19-31(35)37)34(40)43-20-29-27-9-5-3-7-25(27)26-8-4-6-10-28(26)29/h3-18,29-30,32H,19-20H2,1-2H3,(H2,35,37)(H,38,39)/t30-/m0/s1. The molecule has 0 aliphatic heterocycles. The lowest BCUT2D eigenvalue weighted by atomic mass is 9.94. The van der Waals surface area contributed by atoms with Gasteiger partial charge in [-0.1, -0.05) is 72.8 Å². The molecular formula is C34H32N2O7. The van der Waals surface area contributed by atoms with Crippen molar-refractivity contribution in [1.29, 1.82) is 0 Å². The van der Waals surface area contributed by atoms with Gasteiger partial charge in [-0.2, -0.15) is 0 Å². The number of nitrogens with two attached hydrogens (primary N) is 1. The monoisotopic (exact) mass is 580 g/mol. The number of carboxylic acids is 1. The number of hydrogen-bond acceptors (Lipinski definition) is 6. The van der Waals surface area contributed by atoms with Crippen LogP contribution in [0.5, 0.6) is 11.5 Å². The molecule has 1 atom stereocenters. The zero-order valence-corrected chi connectivity index (χ0v) is 23.8. The van der Waals surface area contributed by atoms with Crippen LogP contribution in [-0.2, 0) is 14.3 Å². The Kier molecular flexibility index (Phi) is 8.61. The van der Waals surface area contributed by atoms with Crippen molar-refractivity contribution in [3.8, 4) is 22.6 Å². The van der Waals surface area contributed by atoms with Crippen LogP contribution in [0.1, 0.15) is 40.6 Å². The topological polar surface area (TPSA) is 128 Å². The maximum Gasteiger partial charge on any atom is 0.411 e. The molecule has 0 bridgehead atoms. The molecule has 4 aromatic carbocycles. The van der Waals surface area contributed by atoms with E-state index in [1.807, 2.05) is 48.5 Å². The van der Waals surface area contributed by atoms with Crippen molar-refractivity contribution in [2.75, 3.05) is 20.8 Å². The van der Waals surface area contributed by atoms with Gasteiger partial charge >= 0.3 is 12.1 Å². The molecule has 0 saturated heterocycles. The lowest BCUT2D eigenvalue weighted by Gasteiger charge is -2.36. The van der Waals surface area contributed by atoms with Gasteiger partial charge in [-0.15, -0.1) is 0 Å². The van der Waals surface area contributed by atoms with Crippen molar-refractivity contribution in [2.45, 2.75) is 24.4 Å². The average molecular weight is 581 g/mol. The molecule has 9 nitrogen and oxygen atoms in total. The first kappa shape index (κ1) is 29.2. The Morgan fingerprint density at radius 3 is 1.65 bits per heavy atom. The smallest absolute Gasteiger partial charge is 0.411 e. The first-order valence-corrected chi connectivity index (χ1v) is 13.7. The Balaban J connectivity index is 1.56. The minimum Gasteiger partial charge on any atom is -0.497 e. The Morgan fingerprint density at radius 1 is 0.767 bits per heavy atom. The molecule has 220 valence electrons. The fourth-order valence-electron chi connectivity index (χ4n) is 5.66. The molecule has 0 heterocycles. The van der Waals surface area contributed by atoms with E-state index in [0.29, 0.717) is 22.6 Å². The van der Waals surface area contributed by atoms with Gasteiger partial charge in [0, 0.05) is 5.92 Å². The van der Waals surface area contributed by atoms with Gasteiger partial charge in [-0.3, -0.25) is 9.69 Å². The Morgan fingerprint density at radius 2 is 1.23 bits per heavy atom. The SMILES string of the molecule is COc1ccc(C(c2ccc(OC)cc2)N(C(=O)OCC2c3ccccc3-c3ccccc32)[C@@H](CC(N)=O)C(=O)O)cc1. The Bertz CT molecular complexity index is 1530. The highest BCUT2D eigenvalue weighted by Crippen LogP contribution is 2.45. The van der Waals surface area contributed by atoms with Gasteiger partial charge in [-0.25, -0.2) is 9.59 Å². The van der Waals surface area contributed by atoms with Crippen LogP contribution in [0.2, 0.25) is 0 Å². The van der Waals surface area contributed by atoms with Crippen LogP contribution in [0, 0.1) is 0 Å². The average Bonchev–Trinajstić information content (AvgIpc) is 3.35. The Labute approximate surface area is 249 Å². The van der Waals surface area contributed by atoms with E-state index in [2.05, 4.69) is 0 Å². The van der Waals surface area contributed by atoms with E-state index in [9.17, 15) is 19.5 Å². The first-order chi connectivity index (χ1) is 20.8. The van der Waals surface area contributed by atoms with Crippen LogP contribution in [0.4, 0.5) is 4.79 Å². The van der Waals surface area contributed by atoms with Crippen molar-refractivity contribution >= 4 is 18.0 Å². The van der Waals surface area contributed by atoms with Gasteiger partial charge in [0.15, 0.2) is 0 Å². The summed E-state index contributed by atoms with van der Waals surface area (Å²) in [6.07, 6.45) is -1.50. The predicted molar refractivity (Wildman–Crippen MR) is 160 cm³/mol. The van der Waals surface area contributed by atoms with Gasteiger partial charge in [0.25, 0.3) is 0 Å². The third-order valence-corrected chi connectivity index (χ3v) is 7.70. The second-order valence-corrected chi connectivity index (χ2v) is 10.2. The molecule has 0 saturated carbocycles. The van der Waals surface area contributed by atoms with Gasteiger partial charge in [-0.05, 0) is 57.6 Å². The van der Waals surface area contributed by atoms with Crippen LogP contribution in [0.25, 0.3) is 11.1 Å². The molecule has 0 spiro atoms. The molecule has 4 aromatic rings. The predicted octanol–water partition coefficient (Wildman–Crippen LogP) is 5.37. The molecule has 0 aromatic heterocycles. The molecule has 1 aliphatic rings. The fraction of sp³-hybridized carbons (Fsp3) is 0.206. The number of carbonyl (C=O) groups excluding carboxylic acids is 2. The summed E-state index contributed by atoms with van der Waals surface area (Å²) in [5, 5.41) is 10.3. The van der Waals surface area contributed by atoms with Gasteiger partial charge in [0.1, 0.15) is 24.1 Å². The van der Waals surface area contributed by atoms with Crippen LogP contribution in [0.15, 0.2) is 97.1 Å². The molecular weight excluding hydrogens is 548 g/mol. The molecule has 5 rings (SSSR count). The molecule has 0 radical (unpaired) electrons. The summed E-state index contributed by atoms with van der Waals surface area (Å²) in [4.78, 5) is 39.9. The maximum absolute atomic E-state index is 14.1. The summed E-state index contributed by atoms with van der Waals surface area (Å²) in [6, 6.07) is 27.1. The number of primary amides is 1. The second kappa shape index (κ2) is 12.7. The van der Waals surface area contributed by atoms with E-state index < -0.39 is 36.5 Å². The summed E-state index contributed by atoms with van der Waals surface area (Å²) in [5.41, 5.74) is 10.8. The van der Waals surface area contributed by atoms with E-state index in [1.54, 1.807) is 48.5 Å². The quantitative estimate of drug-likeness (QED) is 0.244. The molecule has 43 heavy (non-hydrogen) atoms. The summed E-state index contributed by atoms with van der Waals surface area (Å²) >= 11 is 0. The summed E-state index contributed by atoms with van der Waals surface area (Å²) in [6.45, 7) is -0.0375. The molecule has 0 unspecified atom stereocenters. The van der Waals surface area contributed by atoms with Crippen LogP contribution in [0.3, 0.4) is 0 Å². The molecule has 3 N–H and O–H groups in total. The highest BCUT2D eigenvalue weighted by atomic mass is 16.6. The van der Waals surface area contributed by atoms with E-state index in [4.69, 9.17) is 19.9 Å². The Hall–Kier alpha value is -5.31. The van der Waals surface area contributed by atoms with Crippen LogP contribution < -0.4 is 15.2 Å². The van der Waals surface area contributed by atoms with Crippen molar-refractivity contribution in [3.05, 3.63) is 119 Å². The van der Waals surface area contributed by atoms with E-state index >= 15 is 0 Å². The van der Waals surface area contributed by atoms with Crippen LogP contribution >= 0.6 is 0 Å². The van der Waals surface area contributed by atoms with E-state index in [0.717, 1.165) is 27.2 Å². The van der Waals surface area contributed by atoms with Gasteiger partial charge in [0.05, 0.1) is 26.7 Å². The molecule has 1 aliphatic carbocycles. The second-order valence-electron chi connectivity index (χ2n) is 10.2. The van der Waals surface area contributed by atoms with Gasteiger partial charge < -0.3 is 25.1 Å². The third-order valence-electron chi connectivity index (χ3n) is 7.70. The number of amides is 2. The van der Waals surface area contributed by atoms with Crippen molar-refractivity contribution in [2.24, 2.45) is 5.73 Å². The largest absolute Gasteiger partial charge is 0.497 e.